The van der Waals surface area contributed by atoms with Crippen molar-refractivity contribution in [3.63, 3.8) is 0 Å². The minimum Gasteiger partial charge on any atom is -0.248 e. The lowest BCUT2D eigenvalue weighted by molar-refractivity contribution is 0.637. The maximum Gasteiger partial charge on any atom is 0.150 e. The van der Waals surface area contributed by atoms with Gasteiger partial charge in [0.2, 0.25) is 0 Å². The number of rotatable bonds is 2. The second-order valence-corrected chi connectivity index (χ2v) is 5.33. The number of para-hydroxylation sites is 1. The molecule has 0 unspecified atom stereocenters. The molecule has 0 amide bonds. The molecule has 4 heteroatoms. The lowest BCUT2D eigenvalue weighted by atomic mass is 10.3. The molecule has 1 aromatic carbocycles. The minimum atomic E-state index is -0.260. The normalized spacial score (nSPS) is 10.2. The van der Waals surface area contributed by atoms with Crippen LogP contribution in [0.1, 0.15) is 17.1 Å². The van der Waals surface area contributed by atoms with Crippen LogP contribution in [-0.4, -0.2) is 9.97 Å². The number of thiazole rings is 1. The summed E-state index contributed by atoms with van der Waals surface area (Å²) < 4.78 is 14.4. The Kier molecular flexibility index (Phi) is 3.71. The number of pyridine rings is 1. The molecule has 0 saturated carbocycles. The van der Waals surface area contributed by atoms with Gasteiger partial charge >= 0.3 is 0 Å². The molecule has 0 fully saturated rings. The Hall–Kier alpha value is -2.25. The van der Waals surface area contributed by atoms with Gasteiger partial charge < -0.3 is 0 Å². The summed E-state index contributed by atoms with van der Waals surface area (Å²) in [7, 11) is 0. The first-order valence-electron chi connectivity index (χ1n) is 6.27. The van der Waals surface area contributed by atoms with Gasteiger partial charge in [-0.3, -0.25) is 0 Å². The summed E-state index contributed by atoms with van der Waals surface area (Å²) in [5.41, 5.74) is 1.23. The van der Waals surface area contributed by atoms with E-state index in [0.717, 1.165) is 21.8 Å². The molecule has 0 aliphatic rings. The summed E-state index contributed by atoms with van der Waals surface area (Å²) in [4.78, 5) is 8.45. The van der Waals surface area contributed by atoms with Crippen molar-refractivity contribution < 1.29 is 4.39 Å². The van der Waals surface area contributed by atoms with Crippen LogP contribution in [0, 0.1) is 17.7 Å². The van der Waals surface area contributed by atoms with Crippen LogP contribution in [-0.2, 0) is 6.42 Å². The van der Waals surface area contributed by atoms with Crippen molar-refractivity contribution in [1.29, 1.82) is 0 Å². The van der Waals surface area contributed by atoms with E-state index >= 15 is 0 Å². The smallest absolute Gasteiger partial charge is 0.150 e. The zero-order valence-corrected chi connectivity index (χ0v) is 11.5. The maximum atomic E-state index is 13.5. The average molecular weight is 282 g/mol. The summed E-state index contributed by atoms with van der Waals surface area (Å²) in [6.45, 7) is 0. The van der Waals surface area contributed by atoms with Crippen LogP contribution in [0.3, 0.4) is 0 Å². The SMILES string of the molecule is Fc1cccc2sc(CCC#Cc3ccccn3)nc12. The Labute approximate surface area is 120 Å². The third-order valence-corrected chi connectivity index (χ3v) is 3.84. The summed E-state index contributed by atoms with van der Waals surface area (Å²) in [6.07, 6.45) is 3.15. The average Bonchev–Trinajstić information content (AvgIpc) is 2.89. The fraction of sp³-hybridized carbons (Fsp3) is 0.125. The van der Waals surface area contributed by atoms with Crippen molar-refractivity contribution in [2.45, 2.75) is 12.8 Å². The summed E-state index contributed by atoms with van der Waals surface area (Å²) in [6, 6.07) is 10.7. The standard InChI is InChI=1S/C16H11FN2S/c17-13-8-5-9-14-16(13)19-15(20-14)10-2-1-6-12-7-3-4-11-18-12/h3-5,7-9,11H,2,10H2. The van der Waals surface area contributed by atoms with Crippen molar-refractivity contribution in [3.8, 4) is 11.8 Å². The fourth-order valence-electron chi connectivity index (χ4n) is 1.83. The Morgan fingerprint density at radius 3 is 2.90 bits per heavy atom. The molecule has 98 valence electrons. The van der Waals surface area contributed by atoms with Crippen molar-refractivity contribution in [1.82, 2.24) is 9.97 Å². The molecule has 0 atom stereocenters. The van der Waals surface area contributed by atoms with Crippen LogP contribution in [0.5, 0.6) is 0 Å². The molecule has 0 bridgehead atoms. The number of aromatic nitrogens is 2. The van der Waals surface area contributed by atoms with Gasteiger partial charge in [-0.25, -0.2) is 14.4 Å². The van der Waals surface area contributed by atoms with Crippen molar-refractivity contribution in [2.75, 3.05) is 0 Å². The highest BCUT2D eigenvalue weighted by atomic mass is 32.1. The number of hydrogen-bond donors (Lipinski definition) is 0. The van der Waals surface area contributed by atoms with E-state index in [9.17, 15) is 4.39 Å². The van der Waals surface area contributed by atoms with Gasteiger partial charge in [0, 0.05) is 19.0 Å². The first-order chi connectivity index (χ1) is 9.83. The zero-order chi connectivity index (χ0) is 13.8. The molecular formula is C16H11FN2S. The third-order valence-electron chi connectivity index (χ3n) is 2.76. The van der Waals surface area contributed by atoms with Gasteiger partial charge in [-0.2, -0.15) is 0 Å². The lowest BCUT2D eigenvalue weighted by Gasteiger charge is -1.88. The van der Waals surface area contributed by atoms with Crippen LogP contribution in [0.25, 0.3) is 10.2 Å². The van der Waals surface area contributed by atoms with Gasteiger partial charge in [-0.05, 0) is 30.2 Å². The van der Waals surface area contributed by atoms with Gasteiger partial charge in [0.05, 0.1) is 9.71 Å². The second-order valence-electron chi connectivity index (χ2n) is 4.21. The van der Waals surface area contributed by atoms with E-state index in [-0.39, 0.29) is 5.82 Å². The van der Waals surface area contributed by atoms with Crippen molar-refractivity contribution in [3.05, 3.63) is 59.1 Å². The zero-order valence-electron chi connectivity index (χ0n) is 10.6. The Morgan fingerprint density at radius 2 is 2.10 bits per heavy atom. The van der Waals surface area contributed by atoms with E-state index in [1.807, 2.05) is 24.3 Å². The molecule has 20 heavy (non-hydrogen) atoms. The molecule has 0 N–H and O–H groups in total. The summed E-state index contributed by atoms with van der Waals surface area (Å²) >= 11 is 1.52. The van der Waals surface area contributed by atoms with Gasteiger partial charge in [-0.15, -0.1) is 11.3 Å². The minimum absolute atomic E-state index is 0.260. The molecule has 2 nitrogen and oxygen atoms in total. The molecule has 0 saturated heterocycles. The van der Waals surface area contributed by atoms with Gasteiger partial charge in [-0.1, -0.05) is 18.1 Å². The Balaban J connectivity index is 1.69. The molecule has 3 aromatic rings. The van der Waals surface area contributed by atoms with E-state index in [4.69, 9.17) is 0 Å². The topological polar surface area (TPSA) is 25.8 Å². The molecule has 2 heterocycles. The number of hydrogen-bond acceptors (Lipinski definition) is 3. The van der Waals surface area contributed by atoms with E-state index in [2.05, 4.69) is 21.8 Å². The largest absolute Gasteiger partial charge is 0.248 e. The number of nitrogens with zero attached hydrogens (tertiary/aromatic N) is 2. The van der Waals surface area contributed by atoms with Crippen LogP contribution in [0.15, 0.2) is 42.6 Å². The number of aryl methyl sites for hydroxylation is 1. The molecule has 0 radical (unpaired) electrons. The predicted octanol–water partition coefficient (Wildman–Crippen LogP) is 3.81. The van der Waals surface area contributed by atoms with Crippen molar-refractivity contribution in [2.24, 2.45) is 0 Å². The molecule has 0 aliphatic carbocycles. The number of halogens is 1. The Bertz CT molecular complexity index is 784. The highest BCUT2D eigenvalue weighted by molar-refractivity contribution is 7.18. The second kappa shape index (κ2) is 5.81. The lowest BCUT2D eigenvalue weighted by Crippen LogP contribution is -1.83. The fourth-order valence-corrected chi connectivity index (χ4v) is 2.81. The van der Waals surface area contributed by atoms with Gasteiger partial charge in [0.15, 0.2) is 0 Å². The third kappa shape index (κ3) is 2.84. The maximum absolute atomic E-state index is 13.5. The van der Waals surface area contributed by atoms with Crippen LogP contribution >= 0.6 is 11.3 Å². The molecule has 0 aliphatic heterocycles. The van der Waals surface area contributed by atoms with E-state index < -0.39 is 0 Å². The van der Waals surface area contributed by atoms with Crippen LogP contribution in [0.2, 0.25) is 0 Å². The molecule has 3 rings (SSSR count). The first kappa shape index (κ1) is 12.8. The first-order valence-corrected chi connectivity index (χ1v) is 7.08. The van der Waals surface area contributed by atoms with E-state index in [1.165, 1.54) is 17.4 Å². The number of fused-ring (bicyclic) bond motifs is 1. The van der Waals surface area contributed by atoms with E-state index in [0.29, 0.717) is 11.9 Å². The summed E-state index contributed by atoms with van der Waals surface area (Å²) in [5, 5.41) is 0.917. The van der Waals surface area contributed by atoms with Gasteiger partial charge in [0.25, 0.3) is 0 Å². The molecule has 0 spiro atoms. The van der Waals surface area contributed by atoms with Crippen LogP contribution < -0.4 is 0 Å². The van der Waals surface area contributed by atoms with E-state index in [1.54, 1.807) is 12.3 Å². The summed E-state index contributed by atoms with van der Waals surface area (Å²) in [5.74, 6) is 5.81. The van der Waals surface area contributed by atoms with Crippen LogP contribution in [0.4, 0.5) is 4.39 Å². The molecular weight excluding hydrogens is 271 g/mol. The van der Waals surface area contributed by atoms with Crippen molar-refractivity contribution >= 4 is 21.6 Å². The Morgan fingerprint density at radius 1 is 1.15 bits per heavy atom. The highest BCUT2D eigenvalue weighted by Gasteiger charge is 2.06. The predicted molar refractivity (Wildman–Crippen MR) is 79.0 cm³/mol. The highest BCUT2D eigenvalue weighted by Crippen LogP contribution is 2.24. The molecule has 2 aromatic heterocycles. The number of benzene rings is 1. The monoisotopic (exact) mass is 282 g/mol. The van der Waals surface area contributed by atoms with Gasteiger partial charge in [0.1, 0.15) is 17.0 Å². The quantitative estimate of drug-likeness (QED) is 0.668.